The average Bonchev–Trinajstić information content (AvgIpc) is 3.55. The number of hydrogen-bond acceptors (Lipinski definition) is 13. The van der Waals surface area contributed by atoms with Crippen LogP contribution in [-0.2, 0) is 28.6 Å². The van der Waals surface area contributed by atoms with Crippen molar-refractivity contribution >= 4 is 35.4 Å². The van der Waals surface area contributed by atoms with Crippen molar-refractivity contribution in [2.75, 3.05) is 30.0 Å². The van der Waals surface area contributed by atoms with Crippen molar-refractivity contribution in [3.63, 3.8) is 0 Å². The van der Waals surface area contributed by atoms with Gasteiger partial charge >= 0.3 is 11.9 Å². The lowest BCUT2D eigenvalue weighted by atomic mass is 10.1. The van der Waals surface area contributed by atoms with Gasteiger partial charge in [0.25, 0.3) is 0 Å². The number of nitrogens with zero attached hydrogens (tertiary/aromatic N) is 3. The first kappa shape index (κ1) is 35.9. The third kappa shape index (κ3) is 12.5. The van der Waals surface area contributed by atoms with Gasteiger partial charge in [-0.25, -0.2) is 4.68 Å². The fourth-order valence-corrected chi connectivity index (χ4v) is 5.16. The zero-order valence-corrected chi connectivity index (χ0v) is 25.4. The van der Waals surface area contributed by atoms with Gasteiger partial charge in [0.2, 0.25) is 5.91 Å². The highest BCUT2D eigenvalue weighted by Crippen LogP contribution is 2.29. The second-order valence-corrected chi connectivity index (χ2v) is 11.4. The van der Waals surface area contributed by atoms with Crippen molar-refractivity contribution < 1.29 is 43.9 Å². The molecule has 0 bridgehead atoms. The van der Waals surface area contributed by atoms with Crippen LogP contribution in [0.2, 0.25) is 0 Å². The molecule has 2 rings (SSSR count). The van der Waals surface area contributed by atoms with E-state index in [0.717, 1.165) is 56.0 Å². The Kier molecular flexibility index (Phi) is 16.9. The molecule has 1 aromatic heterocycles. The van der Waals surface area contributed by atoms with Crippen LogP contribution in [0, 0.1) is 0 Å². The first-order chi connectivity index (χ1) is 20.2. The maximum atomic E-state index is 12.6. The van der Waals surface area contributed by atoms with E-state index < -0.39 is 49.2 Å². The van der Waals surface area contributed by atoms with Gasteiger partial charge in [-0.15, -0.1) is 5.10 Å². The Morgan fingerprint density at radius 2 is 1.71 bits per heavy atom. The van der Waals surface area contributed by atoms with Crippen LogP contribution < -0.4 is 11.1 Å². The Hall–Kier alpha value is -2.30. The molecule has 1 saturated heterocycles. The topological polar surface area (TPSA) is 208 Å². The van der Waals surface area contributed by atoms with Crippen molar-refractivity contribution in [3.05, 3.63) is 6.20 Å². The number of carbonyl (C=O) groups excluding carboxylic acids is 3. The molecule has 14 nitrogen and oxygen atoms in total. The van der Waals surface area contributed by atoms with E-state index in [1.165, 1.54) is 18.0 Å². The molecule has 42 heavy (non-hydrogen) atoms. The van der Waals surface area contributed by atoms with E-state index >= 15 is 0 Å². The summed E-state index contributed by atoms with van der Waals surface area (Å²) in [6.45, 7) is 3.63. The first-order valence-corrected chi connectivity index (χ1v) is 15.9. The average molecular weight is 618 g/mol. The number of hydrogen-bond donors (Lipinski definition) is 5. The highest BCUT2D eigenvalue weighted by atomic mass is 32.2. The number of nitrogens with two attached hydrogens (primary N) is 1. The molecule has 3 unspecified atom stereocenters. The van der Waals surface area contributed by atoms with Crippen LogP contribution in [0.5, 0.6) is 0 Å². The number of esters is 2. The van der Waals surface area contributed by atoms with Crippen molar-refractivity contribution in [2.45, 2.75) is 115 Å². The molecule has 0 aromatic carbocycles. The Labute approximate surface area is 251 Å². The molecule has 1 aliphatic rings. The van der Waals surface area contributed by atoms with E-state index in [4.69, 9.17) is 19.9 Å². The van der Waals surface area contributed by atoms with E-state index in [-0.39, 0.29) is 42.3 Å². The summed E-state index contributed by atoms with van der Waals surface area (Å²) in [4.78, 5) is 37.1. The van der Waals surface area contributed by atoms with E-state index in [9.17, 15) is 29.7 Å². The molecule has 1 fully saturated rings. The first-order valence-electron chi connectivity index (χ1n) is 14.7. The van der Waals surface area contributed by atoms with Crippen molar-refractivity contribution in [1.82, 2.24) is 15.0 Å². The summed E-state index contributed by atoms with van der Waals surface area (Å²) in [5.74, 6) is -0.704. The summed E-state index contributed by atoms with van der Waals surface area (Å²) in [5, 5.41) is 39.5. The fourth-order valence-electron chi connectivity index (χ4n) is 4.19. The predicted molar refractivity (Wildman–Crippen MR) is 155 cm³/mol. The molecule has 1 amide bonds. The second kappa shape index (κ2) is 19.8. The van der Waals surface area contributed by atoms with Gasteiger partial charge < -0.3 is 40.6 Å². The third-order valence-corrected chi connectivity index (χ3v) is 7.88. The summed E-state index contributed by atoms with van der Waals surface area (Å²) in [6.07, 6.45) is 4.14. The van der Waals surface area contributed by atoms with E-state index in [2.05, 4.69) is 29.5 Å². The maximum absolute atomic E-state index is 12.6. The lowest BCUT2D eigenvalue weighted by molar-refractivity contribution is -0.157. The Bertz CT molecular complexity index is 953. The normalized spacial score (nSPS) is 21.6. The number of amides is 1. The van der Waals surface area contributed by atoms with Crippen LogP contribution >= 0.6 is 11.8 Å². The lowest BCUT2D eigenvalue weighted by Gasteiger charge is -2.19. The minimum absolute atomic E-state index is 0.0546. The third-order valence-electron chi connectivity index (χ3n) is 6.67. The monoisotopic (exact) mass is 617 g/mol. The number of nitrogens with one attached hydrogen (secondary N) is 1. The van der Waals surface area contributed by atoms with Crippen LogP contribution in [0.1, 0.15) is 84.3 Å². The molecule has 2 heterocycles. The number of rotatable bonds is 21. The molecule has 1 aromatic rings. The molecule has 0 radical (unpaired) electrons. The number of thioether (sulfide) groups is 1. The van der Waals surface area contributed by atoms with E-state index in [0.29, 0.717) is 6.42 Å². The number of aromatic nitrogens is 3. The smallest absolute Gasteiger partial charge is 0.306 e. The summed E-state index contributed by atoms with van der Waals surface area (Å²) in [6, 6.07) is -0.944. The van der Waals surface area contributed by atoms with E-state index in [1.54, 1.807) is 0 Å². The van der Waals surface area contributed by atoms with Crippen molar-refractivity contribution in [1.29, 1.82) is 0 Å². The quantitative estimate of drug-likeness (QED) is 0.0974. The SMILES string of the molecule is CCCCCCC(=O)OCC(CSCC(N)C(=O)Nc1cn([C@H]2OC(CO)[C@@H](O)[C@H]2O)nn1)OC(=O)CCCCCC. The number of carbonyl (C=O) groups is 3. The summed E-state index contributed by atoms with van der Waals surface area (Å²) >= 11 is 1.29. The highest BCUT2D eigenvalue weighted by molar-refractivity contribution is 7.99. The van der Waals surface area contributed by atoms with Crippen molar-refractivity contribution in [3.8, 4) is 0 Å². The number of ether oxygens (including phenoxy) is 3. The van der Waals surface area contributed by atoms with Crippen LogP contribution in [0.15, 0.2) is 6.20 Å². The van der Waals surface area contributed by atoms with Crippen molar-refractivity contribution in [2.24, 2.45) is 5.73 Å². The zero-order chi connectivity index (χ0) is 30.9. The molecule has 6 N–H and O–H groups in total. The van der Waals surface area contributed by atoms with Gasteiger partial charge in [0.1, 0.15) is 31.0 Å². The molecule has 6 atom stereocenters. The van der Waals surface area contributed by atoms with Gasteiger partial charge in [-0.3, -0.25) is 14.4 Å². The van der Waals surface area contributed by atoms with Gasteiger partial charge in [-0.2, -0.15) is 11.8 Å². The molecule has 240 valence electrons. The van der Waals surface area contributed by atoms with Crippen LogP contribution in [-0.4, -0.2) is 103 Å². The molecule has 0 aliphatic carbocycles. The highest BCUT2D eigenvalue weighted by Gasteiger charge is 2.44. The zero-order valence-electron chi connectivity index (χ0n) is 24.6. The number of aliphatic hydroxyl groups is 3. The molecule has 0 saturated carbocycles. The summed E-state index contributed by atoms with van der Waals surface area (Å²) < 4.78 is 17.5. The fraction of sp³-hybridized carbons (Fsp3) is 0.815. The molecular weight excluding hydrogens is 570 g/mol. The largest absolute Gasteiger partial charge is 0.462 e. The van der Waals surface area contributed by atoms with Gasteiger partial charge in [0.05, 0.1) is 18.8 Å². The Balaban J connectivity index is 1.82. The van der Waals surface area contributed by atoms with Crippen LogP contribution in [0.4, 0.5) is 5.82 Å². The van der Waals surface area contributed by atoms with Gasteiger partial charge in [-0.05, 0) is 12.8 Å². The molecule has 1 aliphatic heterocycles. The van der Waals surface area contributed by atoms with E-state index in [1.807, 2.05) is 0 Å². The predicted octanol–water partition coefficient (Wildman–Crippen LogP) is 1.28. The van der Waals surface area contributed by atoms with Gasteiger partial charge in [0, 0.05) is 24.3 Å². The molecule has 0 spiro atoms. The van der Waals surface area contributed by atoms with Crippen LogP contribution in [0.25, 0.3) is 0 Å². The molecular formula is C27H47N5O9S. The lowest BCUT2D eigenvalue weighted by Crippen LogP contribution is -2.38. The number of aliphatic hydroxyl groups excluding tert-OH is 3. The second-order valence-electron chi connectivity index (χ2n) is 10.4. The standard InChI is InChI=1S/C27H47N5O9S/c1-3-5-7-9-11-22(34)39-15-18(40-23(35)12-10-8-6-4-2)16-42-17-19(28)26(38)29-21-13-32(31-30-21)27-25(37)24(36)20(14-33)41-27/h13,18-20,24-25,27,33,36-37H,3-12,14-17,28H2,1-2H3,(H,29,38)/t18?,19?,20?,24-,25-,27+/m1/s1. The summed E-state index contributed by atoms with van der Waals surface area (Å²) in [5.41, 5.74) is 6.05. The summed E-state index contributed by atoms with van der Waals surface area (Å²) in [7, 11) is 0. The number of unbranched alkanes of at least 4 members (excludes halogenated alkanes) is 6. The molecule has 15 heteroatoms. The van der Waals surface area contributed by atoms with Gasteiger partial charge in [-0.1, -0.05) is 57.6 Å². The Morgan fingerprint density at radius 3 is 2.33 bits per heavy atom. The maximum Gasteiger partial charge on any atom is 0.306 e. The minimum atomic E-state index is -1.34. The number of anilines is 1. The Morgan fingerprint density at radius 1 is 1.05 bits per heavy atom. The van der Waals surface area contributed by atoms with Crippen LogP contribution in [0.3, 0.4) is 0 Å². The van der Waals surface area contributed by atoms with Gasteiger partial charge in [0.15, 0.2) is 12.0 Å². The minimum Gasteiger partial charge on any atom is -0.462 e.